The van der Waals surface area contributed by atoms with Crippen LogP contribution in [0.5, 0.6) is 0 Å². The Morgan fingerprint density at radius 1 is 1.16 bits per heavy atom. The van der Waals surface area contributed by atoms with E-state index in [0.29, 0.717) is 32.1 Å². The van der Waals surface area contributed by atoms with Crippen molar-refractivity contribution in [2.24, 2.45) is 5.92 Å². The zero-order valence-electron chi connectivity index (χ0n) is 14.3. The topological polar surface area (TPSA) is 70.7 Å². The van der Waals surface area contributed by atoms with Crippen LogP contribution in [0.4, 0.5) is 4.79 Å². The molecular formula is C19H25N3O3. The molecule has 3 aliphatic rings. The van der Waals surface area contributed by atoms with Crippen molar-refractivity contribution >= 4 is 11.9 Å². The Bertz CT molecular complexity index is 632. The number of ether oxygens (including phenoxy) is 1. The Kier molecular flexibility index (Phi) is 4.61. The van der Waals surface area contributed by atoms with Crippen LogP contribution in [0.1, 0.15) is 31.2 Å². The lowest BCUT2D eigenvalue weighted by atomic mass is 9.91. The van der Waals surface area contributed by atoms with Gasteiger partial charge in [0, 0.05) is 25.7 Å². The van der Waals surface area contributed by atoms with Crippen LogP contribution >= 0.6 is 0 Å². The molecule has 2 bridgehead atoms. The first-order valence-electron chi connectivity index (χ1n) is 9.21. The van der Waals surface area contributed by atoms with Gasteiger partial charge in [0.05, 0.1) is 18.1 Å². The highest BCUT2D eigenvalue weighted by atomic mass is 16.5. The van der Waals surface area contributed by atoms with Crippen LogP contribution in [0.25, 0.3) is 0 Å². The van der Waals surface area contributed by atoms with Crippen molar-refractivity contribution in [1.82, 2.24) is 15.5 Å². The van der Waals surface area contributed by atoms with E-state index in [4.69, 9.17) is 4.74 Å². The maximum absolute atomic E-state index is 12.5. The van der Waals surface area contributed by atoms with Crippen molar-refractivity contribution in [2.75, 3.05) is 13.1 Å². The number of fused-ring (bicyclic) bond motifs is 2. The van der Waals surface area contributed by atoms with Gasteiger partial charge in [-0.15, -0.1) is 0 Å². The molecule has 0 radical (unpaired) electrons. The molecule has 134 valence electrons. The molecule has 25 heavy (non-hydrogen) atoms. The molecule has 6 nitrogen and oxygen atoms in total. The highest BCUT2D eigenvalue weighted by Crippen LogP contribution is 2.32. The van der Waals surface area contributed by atoms with Crippen molar-refractivity contribution in [2.45, 2.75) is 50.5 Å². The molecule has 4 rings (SSSR count). The number of benzene rings is 1. The van der Waals surface area contributed by atoms with Gasteiger partial charge in [-0.25, -0.2) is 4.79 Å². The maximum Gasteiger partial charge on any atom is 0.317 e. The van der Waals surface area contributed by atoms with Gasteiger partial charge in [0.2, 0.25) is 5.91 Å². The molecule has 2 N–H and O–H groups in total. The summed E-state index contributed by atoms with van der Waals surface area (Å²) in [6.07, 6.45) is 3.88. The second-order valence-corrected chi connectivity index (χ2v) is 7.32. The van der Waals surface area contributed by atoms with Gasteiger partial charge in [-0.1, -0.05) is 30.3 Å². The van der Waals surface area contributed by atoms with Gasteiger partial charge in [-0.05, 0) is 31.2 Å². The van der Waals surface area contributed by atoms with Crippen LogP contribution in [-0.4, -0.2) is 48.2 Å². The third-order valence-corrected chi connectivity index (χ3v) is 5.52. The van der Waals surface area contributed by atoms with E-state index in [1.807, 2.05) is 30.3 Å². The van der Waals surface area contributed by atoms with Gasteiger partial charge in [-0.2, -0.15) is 0 Å². The normalized spacial score (nSPS) is 28.3. The van der Waals surface area contributed by atoms with Crippen LogP contribution < -0.4 is 10.6 Å². The molecule has 0 spiro atoms. The molecular weight excluding hydrogens is 318 g/mol. The van der Waals surface area contributed by atoms with E-state index in [1.54, 1.807) is 4.90 Å². The molecule has 3 fully saturated rings. The van der Waals surface area contributed by atoms with E-state index in [2.05, 4.69) is 10.6 Å². The lowest BCUT2D eigenvalue weighted by Crippen LogP contribution is -2.51. The van der Waals surface area contributed by atoms with Gasteiger partial charge in [0.15, 0.2) is 0 Å². The summed E-state index contributed by atoms with van der Waals surface area (Å²) >= 11 is 0. The SMILES string of the molecule is O=C(NC1CCC1)[C@@H]1C[C@H]2CN(C(=O)NCc3ccccc3)C[C@@H]1O2. The van der Waals surface area contributed by atoms with E-state index >= 15 is 0 Å². The summed E-state index contributed by atoms with van der Waals surface area (Å²) < 4.78 is 5.92. The first-order chi connectivity index (χ1) is 12.2. The smallest absolute Gasteiger partial charge is 0.317 e. The molecule has 1 aromatic rings. The molecule has 6 heteroatoms. The van der Waals surface area contributed by atoms with Crippen LogP contribution in [-0.2, 0) is 16.1 Å². The standard InChI is InChI=1S/C19H25N3O3/c23-18(21-14-7-4-8-14)16-9-15-11-22(12-17(16)25-15)19(24)20-10-13-5-2-1-3-6-13/h1-3,5-6,14-17H,4,7-12H2,(H,20,24)(H,21,23)/t15-,16+,17-/m0/s1. The summed E-state index contributed by atoms with van der Waals surface area (Å²) in [5.74, 6) is -0.0266. The van der Waals surface area contributed by atoms with Gasteiger partial charge in [-0.3, -0.25) is 4.79 Å². The average molecular weight is 343 g/mol. The number of likely N-dealkylation sites (tertiary alicyclic amines) is 1. The number of morpholine rings is 1. The fraction of sp³-hybridized carbons (Fsp3) is 0.579. The number of hydrogen-bond donors (Lipinski definition) is 2. The van der Waals surface area contributed by atoms with E-state index in [-0.39, 0.29) is 30.1 Å². The van der Waals surface area contributed by atoms with E-state index < -0.39 is 0 Å². The molecule has 1 aromatic carbocycles. The summed E-state index contributed by atoms with van der Waals surface area (Å²) in [7, 11) is 0. The number of amides is 3. The minimum Gasteiger partial charge on any atom is -0.370 e. The highest BCUT2D eigenvalue weighted by Gasteiger charge is 2.46. The lowest BCUT2D eigenvalue weighted by molar-refractivity contribution is -0.128. The molecule has 1 saturated carbocycles. The molecule has 0 unspecified atom stereocenters. The van der Waals surface area contributed by atoms with Gasteiger partial charge in [0.1, 0.15) is 0 Å². The Morgan fingerprint density at radius 2 is 1.96 bits per heavy atom. The first kappa shape index (κ1) is 16.4. The highest BCUT2D eigenvalue weighted by molar-refractivity contribution is 5.80. The van der Waals surface area contributed by atoms with Crippen molar-refractivity contribution in [3.8, 4) is 0 Å². The molecule has 2 aliphatic heterocycles. The third kappa shape index (κ3) is 3.63. The predicted molar refractivity (Wildman–Crippen MR) is 92.8 cm³/mol. The monoisotopic (exact) mass is 343 g/mol. The first-order valence-corrected chi connectivity index (χ1v) is 9.21. The van der Waals surface area contributed by atoms with Crippen LogP contribution in [0.15, 0.2) is 30.3 Å². The molecule has 3 amide bonds. The second kappa shape index (κ2) is 7.04. The summed E-state index contributed by atoms with van der Waals surface area (Å²) in [6.45, 7) is 1.56. The zero-order chi connectivity index (χ0) is 17.2. The number of nitrogens with zero attached hydrogens (tertiary/aromatic N) is 1. The second-order valence-electron chi connectivity index (χ2n) is 7.32. The Morgan fingerprint density at radius 3 is 2.68 bits per heavy atom. The quantitative estimate of drug-likeness (QED) is 0.873. The summed E-state index contributed by atoms with van der Waals surface area (Å²) in [5.41, 5.74) is 1.07. The Labute approximate surface area is 147 Å². The number of rotatable bonds is 4. The minimum absolute atomic E-state index is 0.0293. The number of hydrogen-bond acceptors (Lipinski definition) is 3. The number of carbonyl (C=O) groups is 2. The molecule has 3 atom stereocenters. The predicted octanol–water partition coefficient (Wildman–Crippen LogP) is 1.65. The van der Waals surface area contributed by atoms with Crippen molar-refractivity contribution in [3.63, 3.8) is 0 Å². The summed E-state index contributed by atoms with van der Waals surface area (Å²) in [4.78, 5) is 26.7. The van der Waals surface area contributed by atoms with Crippen molar-refractivity contribution in [3.05, 3.63) is 35.9 Å². The molecule has 0 aromatic heterocycles. The maximum atomic E-state index is 12.5. The lowest BCUT2D eigenvalue weighted by Gasteiger charge is -2.33. The molecule has 2 heterocycles. The van der Waals surface area contributed by atoms with Crippen LogP contribution in [0.2, 0.25) is 0 Å². The van der Waals surface area contributed by atoms with E-state index in [9.17, 15) is 9.59 Å². The van der Waals surface area contributed by atoms with E-state index in [1.165, 1.54) is 6.42 Å². The number of nitrogens with one attached hydrogen (secondary N) is 2. The minimum atomic E-state index is -0.179. The van der Waals surface area contributed by atoms with Crippen molar-refractivity contribution in [1.29, 1.82) is 0 Å². The third-order valence-electron chi connectivity index (χ3n) is 5.52. The number of carbonyl (C=O) groups excluding carboxylic acids is 2. The Balaban J connectivity index is 1.30. The fourth-order valence-electron chi connectivity index (χ4n) is 3.85. The molecule has 2 saturated heterocycles. The van der Waals surface area contributed by atoms with Crippen LogP contribution in [0, 0.1) is 5.92 Å². The van der Waals surface area contributed by atoms with Crippen LogP contribution in [0.3, 0.4) is 0 Å². The zero-order valence-corrected chi connectivity index (χ0v) is 14.3. The summed E-state index contributed by atoms with van der Waals surface area (Å²) in [6, 6.07) is 10.1. The van der Waals surface area contributed by atoms with Gasteiger partial charge < -0.3 is 20.3 Å². The fourth-order valence-corrected chi connectivity index (χ4v) is 3.85. The van der Waals surface area contributed by atoms with E-state index in [0.717, 1.165) is 18.4 Å². The van der Waals surface area contributed by atoms with Crippen molar-refractivity contribution < 1.29 is 14.3 Å². The molecule has 1 aliphatic carbocycles. The van der Waals surface area contributed by atoms with Gasteiger partial charge in [0.25, 0.3) is 0 Å². The largest absolute Gasteiger partial charge is 0.370 e. The average Bonchev–Trinajstić information content (AvgIpc) is 2.90. The van der Waals surface area contributed by atoms with Gasteiger partial charge >= 0.3 is 6.03 Å². The number of urea groups is 1. The Hall–Kier alpha value is -2.08. The summed E-state index contributed by atoms with van der Waals surface area (Å²) in [5, 5.41) is 6.09.